The summed E-state index contributed by atoms with van der Waals surface area (Å²) in [5.74, 6) is 0. The van der Waals surface area contributed by atoms with Crippen molar-refractivity contribution >= 4 is 33.0 Å². The van der Waals surface area contributed by atoms with Gasteiger partial charge in [-0.25, -0.2) is 13.4 Å². The third-order valence-electron chi connectivity index (χ3n) is 2.69. The van der Waals surface area contributed by atoms with Gasteiger partial charge in [0.2, 0.25) is 0 Å². The Bertz CT molecular complexity index is 553. The van der Waals surface area contributed by atoms with Crippen molar-refractivity contribution in [3.8, 4) is 0 Å². The van der Waals surface area contributed by atoms with Crippen LogP contribution in [0.1, 0.15) is 19.5 Å². The Hall–Kier alpha value is -0.210. The molecule has 0 N–H and O–H groups in total. The van der Waals surface area contributed by atoms with Gasteiger partial charge < -0.3 is 4.74 Å². The maximum Gasteiger partial charge on any atom is 0.254 e. The number of halogens is 1. The minimum Gasteiger partial charge on any atom is -0.373 e. The number of sulfonamides is 1. The van der Waals surface area contributed by atoms with Crippen LogP contribution in [0, 0.1) is 6.92 Å². The molecule has 1 saturated heterocycles. The highest BCUT2D eigenvalue weighted by atomic mass is 35.5. The Kier molecular flexibility index (Phi) is 3.72. The lowest BCUT2D eigenvalue weighted by Crippen LogP contribution is -2.50. The summed E-state index contributed by atoms with van der Waals surface area (Å²) in [6.07, 6.45) is 0. The van der Waals surface area contributed by atoms with Gasteiger partial charge in [-0.15, -0.1) is 0 Å². The third-order valence-corrected chi connectivity index (χ3v) is 6.39. The highest BCUT2D eigenvalue weighted by Crippen LogP contribution is 2.31. The van der Waals surface area contributed by atoms with Crippen LogP contribution in [0.5, 0.6) is 0 Å². The van der Waals surface area contributed by atoms with Crippen LogP contribution in [0.4, 0.5) is 0 Å². The van der Waals surface area contributed by atoms with Gasteiger partial charge in [0.25, 0.3) is 10.0 Å². The minimum absolute atomic E-state index is 0.227. The van der Waals surface area contributed by atoms with E-state index >= 15 is 0 Å². The lowest BCUT2D eigenvalue weighted by molar-refractivity contribution is -0.0640. The molecule has 0 unspecified atom stereocenters. The lowest BCUT2D eigenvalue weighted by atomic mass is 10.1. The van der Waals surface area contributed by atoms with E-state index in [1.54, 1.807) is 6.92 Å². The second-order valence-electron chi connectivity index (χ2n) is 4.79. The zero-order valence-corrected chi connectivity index (χ0v) is 12.8. The van der Waals surface area contributed by atoms with Crippen molar-refractivity contribution in [2.75, 3.05) is 19.7 Å². The van der Waals surface area contributed by atoms with Gasteiger partial charge in [0.1, 0.15) is 0 Å². The average molecular weight is 311 g/mol. The Balaban J connectivity index is 2.34. The van der Waals surface area contributed by atoms with Gasteiger partial charge in [-0.3, -0.25) is 0 Å². The second-order valence-corrected chi connectivity index (χ2v) is 8.50. The van der Waals surface area contributed by atoms with Crippen molar-refractivity contribution in [1.29, 1.82) is 0 Å². The van der Waals surface area contributed by atoms with Gasteiger partial charge in [-0.05, 0) is 20.8 Å². The van der Waals surface area contributed by atoms with E-state index in [4.69, 9.17) is 16.3 Å². The van der Waals surface area contributed by atoms with E-state index < -0.39 is 15.6 Å². The molecular formula is C10H15ClN2O3S2. The fraction of sp³-hybridized carbons (Fsp3) is 0.700. The lowest BCUT2D eigenvalue weighted by Gasteiger charge is -2.37. The van der Waals surface area contributed by atoms with Crippen molar-refractivity contribution in [3.05, 3.63) is 10.2 Å². The molecule has 0 saturated carbocycles. The normalized spacial score (nSPS) is 21.1. The maximum absolute atomic E-state index is 12.5. The largest absolute Gasteiger partial charge is 0.373 e. The molecule has 102 valence electrons. The van der Waals surface area contributed by atoms with Crippen molar-refractivity contribution < 1.29 is 13.2 Å². The summed E-state index contributed by atoms with van der Waals surface area (Å²) in [5, 5.41) is 0. The summed E-state index contributed by atoms with van der Waals surface area (Å²) in [4.78, 5) is 3.96. The Morgan fingerprint density at radius 2 is 2.17 bits per heavy atom. The van der Waals surface area contributed by atoms with E-state index in [2.05, 4.69) is 4.98 Å². The molecule has 0 aliphatic carbocycles. The Morgan fingerprint density at radius 3 is 2.67 bits per heavy atom. The summed E-state index contributed by atoms with van der Waals surface area (Å²) in [7, 11) is -3.52. The van der Waals surface area contributed by atoms with Crippen LogP contribution in [-0.4, -0.2) is 43.0 Å². The van der Waals surface area contributed by atoms with Crippen LogP contribution >= 0.6 is 22.9 Å². The highest BCUT2D eigenvalue weighted by molar-refractivity contribution is 7.91. The number of thiazole rings is 1. The summed E-state index contributed by atoms with van der Waals surface area (Å²) in [5.41, 5.74) is -0.0115. The molecule has 0 aromatic carbocycles. The fourth-order valence-electron chi connectivity index (χ4n) is 1.89. The smallest absolute Gasteiger partial charge is 0.254 e. The molecule has 1 fully saturated rings. The zero-order chi connectivity index (χ0) is 13.6. The monoisotopic (exact) mass is 310 g/mol. The molecule has 18 heavy (non-hydrogen) atoms. The Labute approximate surface area is 116 Å². The Morgan fingerprint density at radius 1 is 1.50 bits per heavy atom. The fourth-order valence-corrected chi connectivity index (χ4v) is 5.33. The first-order valence-electron chi connectivity index (χ1n) is 5.49. The molecule has 2 rings (SSSR count). The quantitative estimate of drug-likeness (QED) is 0.837. The third kappa shape index (κ3) is 2.70. The summed E-state index contributed by atoms with van der Waals surface area (Å²) in [6.45, 7) is 6.51. The second kappa shape index (κ2) is 4.72. The van der Waals surface area contributed by atoms with Crippen molar-refractivity contribution in [2.45, 2.75) is 30.6 Å². The number of aromatic nitrogens is 1. The van der Waals surface area contributed by atoms with Gasteiger partial charge in [0.15, 0.2) is 8.68 Å². The summed E-state index contributed by atoms with van der Waals surface area (Å²) >= 11 is 6.77. The molecule has 0 atom stereocenters. The van der Waals surface area contributed by atoms with Gasteiger partial charge >= 0.3 is 0 Å². The van der Waals surface area contributed by atoms with Crippen molar-refractivity contribution in [2.24, 2.45) is 0 Å². The number of rotatable bonds is 2. The van der Waals surface area contributed by atoms with E-state index in [0.29, 0.717) is 25.4 Å². The molecule has 0 bridgehead atoms. The molecular weight excluding hydrogens is 296 g/mol. The number of nitrogens with zero attached hydrogens (tertiary/aromatic N) is 2. The molecule has 0 radical (unpaired) electrons. The van der Waals surface area contributed by atoms with Gasteiger partial charge in [-0.2, -0.15) is 4.31 Å². The predicted molar refractivity (Wildman–Crippen MR) is 70.7 cm³/mol. The van der Waals surface area contributed by atoms with Gasteiger partial charge in [0.05, 0.1) is 17.9 Å². The van der Waals surface area contributed by atoms with E-state index in [1.165, 1.54) is 4.31 Å². The maximum atomic E-state index is 12.5. The van der Waals surface area contributed by atoms with Crippen LogP contribution < -0.4 is 0 Å². The molecule has 8 heteroatoms. The van der Waals surface area contributed by atoms with Crippen molar-refractivity contribution in [1.82, 2.24) is 9.29 Å². The molecule has 5 nitrogen and oxygen atoms in total. The van der Waals surface area contributed by atoms with Crippen LogP contribution in [0.2, 0.25) is 4.47 Å². The van der Waals surface area contributed by atoms with Crippen LogP contribution in [0.25, 0.3) is 0 Å². The molecule has 0 spiro atoms. The van der Waals surface area contributed by atoms with E-state index in [1.807, 2.05) is 13.8 Å². The summed E-state index contributed by atoms with van der Waals surface area (Å²) in [6, 6.07) is 0. The van der Waals surface area contributed by atoms with Crippen LogP contribution in [0.3, 0.4) is 0 Å². The first-order chi connectivity index (χ1) is 8.22. The number of aryl methyl sites for hydroxylation is 1. The van der Waals surface area contributed by atoms with Crippen molar-refractivity contribution in [3.63, 3.8) is 0 Å². The number of morpholine rings is 1. The van der Waals surface area contributed by atoms with Crippen LogP contribution in [0.15, 0.2) is 4.21 Å². The topological polar surface area (TPSA) is 59.5 Å². The highest BCUT2D eigenvalue weighted by Gasteiger charge is 2.36. The zero-order valence-electron chi connectivity index (χ0n) is 10.4. The number of hydrogen-bond donors (Lipinski definition) is 0. The van der Waals surface area contributed by atoms with Crippen LogP contribution in [-0.2, 0) is 14.8 Å². The molecule has 1 aromatic heterocycles. The molecule has 1 aromatic rings. The average Bonchev–Trinajstić information content (AvgIpc) is 2.57. The molecule has 2 heterocycles. The first kappa shape index (κ1) is 14.2. The molecule has 1 aliphatic heterocycles. The molecule has 1 aliphatic rings. The summed E-state index contributed by atoms with van der Waals surface area (Å²) < 4.78 is 32.4. The predicted octanol–water partition coefficient (Wildman–Crippen LogP) is 1.90. The number of hydrogen-bond acceptors (Lipinski definition) is 5. The first-order valence-corrected chi connectivity index (χ1v) is 8.13. The minimum atomic E-state index is -3.52. The van der Waals surface area contributed by atoms with E-state index in [-0.39, 0.29) is 8.68 Å². The number of ether oxygens (including phenoxy) is 1. The van der Waals surface area contributed by atoms with Gasteiger partial charge in [-0.1, -0.05) is 22.9 Å². The van der Waals surface area contributed by atoms with E-state index in [0.717, 1.165) is 11.3 Å². The van der Waals surface area contributed by atoms with E-state index in [9.17, 15) is 8.42 Å². The standard InChI is InChI=1S/C10H15ClN2O3S2/c1-7-8(17-9(11)12-7)18(14,15)13-4-5-16-10(2,3)6-13/h4-6H2,1-3H3. The molecule has 0 amide bonds. The SMILES string of the molecule is Cc1nc(Cl)sc1S(=O)(=O)N1CCOC(C)(C)C1. The van der Waals surface area contributed by atoms with Gasteiger partial charge in [0, 0.05) is 13.1 Å².